The molecule has 0 aliphatic rings. The van der Waals surface area contributed by atoms with Crippen molar-refractivity contribution in [3.05, 3.63) is 12.2 Å². The lowest BCUT2D eigenvalue weighted by Crippen LogP contribution is -2.48. The normalized spacial score (nSPS) is 16.1. The summed E-state index contributed by atoms with van der Waals surface area (Å²) in [4.78, 5) is 0. The van der Waals surface area contributed by atoms with Gasteiger partial charge in [-0.15, -0.1) is 0 Å². The summed E-state index contributed by atoms with van der Waals surface area (Å²) in [5, 5.41) is 3.50. The third-order valence-electron chi connectivity index (χ3n) is 2.56. The van der Waals surface area contributed by atoms with E-state index in [4.69, 9.17) is 4.74 Å². The van der Waals surface area contributed by atoms with Crippen LogP contribution in [0.2, 0.25) is 0 Å². The zero-order valence-corrected chi connectivity index (χ0v) is 11.2. The molecule has 0 spiro atoms. The van der Waals surface area contributed by atoms with Gasteiger partial charge in [-0.25, -0.2) is 0 Å². The zero-order chi connectivity index (χ0) is 12.1. The molecule has 0 bridgehead atoms. The second-order valence-electron chi connectivity index (χ2n) is 5.30. The van der Waals surface area contributed by atoms with E-state index in [0.29, 0.717) is 0 Å². The van der Waals surface area contributed by atoms with Crippen molar-refractivity contribution < 1.29 is 4.74 Å². The Morgan fingerprint density at radius 2 is 1.93 bits per heavy atom. The van der Waals surface area contributed by atoms with Gasteiger partial charge in [-0.2, -0.15) is 0 Å². The third kappa shape index (κ3) is 4.80. The molecule has 0 aromatic carbocycles. The molecule has 90 valence electrons. The minimum Gasteiger partial charge on any atom is -0.379 e. The van der Waals surface area contributed by atoms with Crippen LogP contribution >= 0.6 is 0 Å². The molecule has 0 fully saturated rings. The fourth-order valence-electron chi connectivity index (χ4n) is 1.83. The Morgan fingerprint density at radius 3 is 2.20 bits per heavy atom. The van der Waals surface area contributed by atoms with Gasteiger partial charge in [-0.1, -0.05) is 39.8 Å². The molecule has 0 amide bonds. The second kappa shape index (κ2) is 6.29. The van der Waals surface area contributed by atoms with Gasteiger partial charge in [-0.05, 0) is 25.3 Å². The van der Waals surface area contributed by atoms with Crippen molar-refractivity contribution in [3.63, 3.8) is 0 Å². The van der Waals surface area contributed by atoms with Gasteiger partial charge in [-0.3, -0.25) is 0 Å². The Hall–Kier alpha value is -0.340. The van der Waals surface area contributed by atoms with E-state index < -0.39 is 0 Å². The third-order valence-corrected chi connectivity index (χ3v) is 2.56. The van der Waals surface area contributed by atoms with Crippen LogP contribution in [-0.4, -0.2) is 25.8 Å². The molecule has 0 heterocycles. The molecule has 15 heavy (non-hydrogen) atoms. The van der Waals surface area contributed by atoms with Crippen LogP contribution in [0.25, 0.3) is 0 Å². The van der Waals surface area contributed by atoms with Crippen molar-refractivity contribution in [1.29, 1.82) is 0 Å². The highest BCUT2D eigenvalue weighted by molar-refractivity contribution is 5.07. The van der Waals surface area contributed by atoms with Crippen LogP contribution in [0.1, 0.15) is 41.0 Å². The van der Waals surface area contributed by atoms with E-state index in [1.54, 1.807) is 7.11 Å². The van der Waals surface area contributed by atoms with E-state index in [1.807, 2.05) is 0 Å². The predicted octanol–water partition coefficient (Wildman–Crippen LogP) is 2.99. The zero-order valence-electron chi connectivity index (χ0n) is 11.2. The molecule has 0 aromatic rings. The predicted molar refractivity (Wildman–Crippen MR) is 67.1 cm³/mol. The molecule has 0 aromatic heterocycles. The summed E-state index contributed by atoms with van der Waals surface area (Å²) >= 11 is 0. The van der Waals surface area contributed by atoms with Crippen molar-refractivity contribution in [2.45, 2.75) is 53.2 Å². The Kier molecular flexibility index (Phi) is 6.15. The summed E-state index contributed by atoms with van der Waals surface area (Å²) in [7, 11) is 1.78. The van der Waals surface area contributed by atoms with Crippen LogP contribution in [0.15, 0.2) is 12.2 Å². The van der Waals surface area contributed by atoms with Gasteiger partial charge in [0.2, 0.25) is 0 Å². The first-order valence-electron chi connectivity index (χ1n) is 5.76. The van der Waals surface area contributed by atoms with Crippen LogP contribution in [-0.2, 0) is 4.74 Å². The molecule has 2 nitrogen and oxygen atoms in total. The van der Waals surface area contributed by atoms with Gasteiger partial charge >= 0.3 is 0 Å². The van der Waals surface area contributed by atoms with E-state index in [1.165, 1.54) is 0 Å². The molecular formula is C13H27NO. The molecule has 2 heteroatoms. The summed E-state index contributed by atoms with van der Waals surface area (Å²) in [6, 6.07) is 0.245. The minimum atomic E-state index is 0.124. The van der Waals surface area contributed by atoms with Gasteiger partial charge in [0, 0.05) is 7.11 Å². The van der Waals surface area contributed by atoms with Gasteiger partial charge in [0.25, 0.3) is 0 Å². The Bertz CT molecular complexity index is 193. The molecule has 1 N–H and O–H groups in total. The second-order valence-corrected chi connectivity index (χ2v) is 5.30. The smallest absolute Gasteiger partial charge is 0.0810 e. The van der Waals surface area contributed by atoms with Gasteiger partial charge in [0.05, 0.1) is 12.1 Å². The number of ether oxygens (including phenoxy) is 1. The minimum absolute atomic E-state index is 0.124. The maximum absolute atomic E-state index is 5.61. The monoisotopic (exact) mass is 213 g/mol. The number of hydrogen-bond acceptors (Lipinski definition) is 2. The Morgan fingerprint density at radius 1 is 1.40 bits per heavy atom. The lowest BCUT2D eigenvalue weighted by Gasteiger charge is -2.37. The summed E-state index contributed by atoms with van der Waals surface area (Å²) in [5.74, 6) is 0. The SMILES string of the molecule is C=C(C)C(NCCC)C(OC)C(C)(C)C. The number of nitrogens with one attached hydrogen (secondary N) is 1. The summed E-state index contributed by atoms with van der Waals surface area (Å²) < 4.78 is 5.61. The van der Waals surface area contributed by atoms with Crippen LogP contribution in [0.4, 0.5) is 0 Å². The van der Waals surface area contributed by atoms with E-state index >= 15 is 0 Å². The van der Waals surface area contributed by atoms with Crippen LogP contribution in [0.5, 0.6) is 0 Å². The highest BCUT2D eigenvalue weighted by Crippen LogP contribution is 2.26. The molecule has 0 aliphatic heterocycles. The number of rotatable bonds is 6. The Balaban J connectivity index is 4.63. The molecule has 0 rings (SSSR count). The molecule has 2 unspecified atom stereocenters. The van der Waals surface area contributed by atoms with Gasteiger partial charge in [0.1, 0.15) is 0 Å². The number of methoxy groups -OCH3 is 1. The van der Waals surface area contributed by atoms with Crippen molar-refractivity contribution in [3.8, 4) is 0 Å². The molecule has 0 radical (unpaired) electrons. The van der Waals surface area contributed by atoms with E-state index in [0.717, 1.165) is 18.5 Å². The number of hydrogen-bond donors (Lipinski definition) is 1. The van der Waals surface area contributed by atoms with E-state index in [-0.39, 0.29) is 17.6 Å². The van der Waals surface area contributed by atoms with Crippen LogP contribution < -0.4 is 5.32 Å². The average molecular weight is 213 g/mol. The summed E-state index contributed by atoms with van der Waals surface area (Å²) in [6.07, 6.45) is 1.30. The quantitative estimate of drug-likeness (QED) is 0.685. The van der Waals surface area contributed by atoms with E-state index in [9.17, 15) is 0 Å². The van der Waals surface area contributed by atoms with Gasteiger partial charge < -0.3 is 10.1 Å². The Labute approximate surface area is 95.1 Å². The van der Waals surface area contributed by atoms with Crippen LogP contribution in [0.3, 0.4) is 0 Å². The van der Waals surface area contributed by atoms with E-state index in [2.05, 4.69) is 46.5 Å². The first-order valence-corrected chi connectivity index (χ1v) is 5.76. The van der Waals surface area contributed by atoms with Gasteiger partial charge in [0.15, 0.2) is 0 Å². The molecule has 0 saturated carbocycles. The highest BCUT2D eigenvalue weighted by Gasteiger charge is 2.32. The first kappa shape index (κ1) is 14.7. The van der Waals surface area contributed by atoms with Crippen molar-refractivity contribution in [2.24, 2.45) is 5.41 Å². The highest BCUT2D eigenvalue weighted by atomic mass is 16.5. The van der Waals surface area contributed by atoms with Crippen LogP contribution in [0, 0.1) is 5.41 Å². The molecule has 0 aliphatic carbocycles. The lowest BCUT2D eigenvalue weighted by atomic mass is 9.82. The summed E-state index contributed by atoms with van der Waals surface area (Å²) in [6.45, 7) is 15.9. The maximum Gasteiger partial charge on any atom is 0.0810 e. The van der Waals surface area contributed by atoms with Crippen molar-refractivity contribution >= 4 is 0 Å². The molecule has 2 atom stereocenters. The summed E-state index contributed by atoms with van der Waals surface area (Å²) in [5.41, 5.74) is 1.27. The maximum atomic E-state index is 5.61. The first-order chi connectivity index (χ1) is 6.84. The largest absolute Gasteiger partial charge is 0.379 e. The fraction of sp³-hybridized carbons (Fsp3) is 0.846. The molecule has 0 saturated heterocycles. The topological polar surface area (TPSA) is 21.3 Å². The van der Waals surface area contributed by atoms with Crippen molar-refractivity contribution in [1.82, 2.24) is 5.32 Å². The molecular weight excluding hydrogens is 186 g/mol. The standard InChI is InChI=1S/C13H27NO/c1-8-9-14-11(10(2)3)12(15-7)13(4,5)6/h11-12,14H,2,8-9H2,1,3-7H3. The average Bonchev–Trinajstić information content (AvgIpc) is 2.09. The fourth-order valence-corrected chi connectivity index (χ4v) is 1.83. The van der Waals surface area contributed by atoms with Crippen molar-refractivity contribution in [2.75, 3.05) is 13.7 Å². The lowest BCUT2D eigenvalue weighted by molar-refractivity contribution is -0.00222.